The number of carbonyl (C=O) groups excluding carboxylic acids is 1. The summed E-state index contributed by atoms with van der Waals surface area (Å²) < 4.78 is 30.9. The second kappa shape index (κ2) is 6.17. The fourth-order valence-corrected chi connectivity index (χ4v) is 2.64. The summed E-state index contributed by atoms with van der Waals surface area (Å²) in [6, 6.07) is 4.17. The summed E-state index contributed by atoms with van der Waals surface area (Å²) >= 11 is 5.85. The summed E-state index contributed by atoms with van der Waals surface area (Å²) in [7, 11) is -2.20. The van der Waals surface area contributed by atoms with Crippen molar-refractivity contribution in [3.63, 3.8) is 0 Å². The van der Waals surface area contributed by atoms with Crippen molar-refractivity contribution in [2.24, 2.45) is 0 Å². The van der Waals surface area contributed by atoms with Crippen LogP contribution in [0.1, 0.15) is 13.3 Å². The van der Waals surface area contributed by atoms with Crippen LogP contribution in [0.4, 0.5) is 0 Å². The van der Waals surface area contributed by atoms with Gasteiger partial charge in [0.15, 0.2) is 0 Å². The topological polar surface area (TPSA) is 72.5 Å². The first-order valence-electron chi connectivity index (χ1n) is 5.19. The molecule has 0 aliphatic carbocycles. The van der Waals surface area contributed by atoms with Crippen molar-refractivity contribution in [3.05, 3.63) is 23.2 Å². The average Bonchev–Trinajstić information content (AvgIpc) is 2.28. The van der Waals surface area contributed by atoms with Gasteiger partial charge in [-0.1, -0.05) is 11.6 Å². The van der Waals surface area contributed by atoms with Crippen molar-refractivity contribution in [1.29, 1.82) is 0 Å². The smallest absolute Gasteiger partial charge is 0.240 e. The van der Waals surface area contributed by atoms with Crippen LogP contribution in [0.5, 0.6) is 5.75 Å². The van der Waals surface area contributed by atoms with Crippen LogP contribution in [-0.2, 0) is 14.8 Å². The van der Waals surface area contributed by atoms with Gasteiger partial charge in [-0.15, -0.1) is 0 Å². The Hall–Kier alpha value is -1.11. The lowest BCUT2D eigenvalue weighted by Gasteiger charge is -2.08. The van der Waals surface area contributed by atoms with Gasteiger partial charge in [-0.05, 0) is 25.1 Å². The van der Waals surface area contributed by atoms with Gasteiger partial charge in [0.05, 0.1) is 17.0 Å². The van der Waals surface area contributed by atoms with Crippen LogP contribution in [0.15, 0.2) is 23.1 Å². The molecular weight excluding hydrogens is 278 g/mol. The Morgan fingerprint density at radius 1 is 1.44 bits per heavy atom. The number of hydrogen-bond donors (Lipinski definition) is 1. The molecule has 18 heavy (non-hydrogen) atoms. The first-order chi connectivity index (χ1) is 8.36. The lowest BCUT2D eigenvalue weighted by atomic mass is 10.3. The molecular formula is C11H14ClNO4S. The highest BCUT2D eigenvalue weighted by molar-refractivity contribution is 7.89. The molecule has 0 heterocycles. The number of carbonyl (C=O) groups is 1. The van der Waals surface area contributed by atoms with Crippen LogP contribution in [0.2, 0.25) is 5.02 Å². The van der Waals surface area contributed by atoms with E-state index in [0.717, 1.165) is 0 Å². The molecule has 0 spiro atoms. The third-order valence-corrected chi connectivity index (χ3v) is 3.96. The largest absolute Gasteiger partial charge is 0.495 e. The molecule has 1 aromatic carbocycles. The summed E-state index contributed by atoms with van der Waals surface area (Å²) in [5.41, 5.74) is 0. The van der Waals surface area contributed by atoms with Crippen LogP contribution >= 0.6 is 11.6 Å². The first-order valence-corrected chi connectivity index (χ1v) is 7.05. The van der Waals surface area contributed by atoms with E-state index in [4.69, 9.17) is 16.3 Å². The molecule has 1 rings (SSSR count). The molecule has 0 saturated carbocycles. The van der Waals surface area contributed by atoms with Crippen molar-refractivity contribution in [3.8, 4) is 5.75 Å². The van der Waals surface area contributed by atoms with Crippen molar-refractivity contribution in [2.45, 2.75) is 18.2 Å². The zero-order valence-corrected chi connectivity index (χ0v) is 11.6. The molecule has 0 atom stereocenters. The molecule has 1 N–H and O–H groups in total. The normalized spacial score (nSPS) is 11.3. The lowest BCUT2D eigenvalue weighted by Crippen LogP contribution is -2.25. The van der Waals surface area contributed by atoms with Crippen LogP contribution in [0.3, 0.4) is 0 Å². The Balaban J connectivity index is 2.85. The molecule has 0 amide bonds. The molecule has 7 heteroatoms. The summed E-state index contributed by atoms with van der Waals surface area (Å²) in [4.78, 5) is 10.8. The SMILES string of the molecule is COc1ccc(S(=O)(=O)NCCC(C)=O)cc1Cl. The van der Waals surface area contributed by atoms with Crippen molar-refractivity contribution in [2.75, 3.05) is 13.7 Å². The number of hydrogen-bond acceptors (Lipinski definition) is 4. The summed E-state index contributed by atoms with van der Waals surface area (Å²) in [6.07, 6.45) is 0.156. The summed E-state index contributed by atoms with van der Waals surface area (Å²) in [5, 5.41) is 0.215. The quantitative estimate of drug-likeness (QED) is 0.864. The number of methoxy groups -OCH3 is 1. The molecule has 0 saturated heterocycles. The van der Waals surface area contributed by atoms with E-state index >= 15 is 0 Å². The van der Waals surface area contributed by atoms with Crippen molar-refractivity contribution >= 4 is 27.4 Å². The third-order valence-electron chi connectivity index (χ3n) is 2.20. The van der Waals surface area contributed by atoms with E-state index < -0.39 is 10.0 Å². The highest BCUT2D eigenvalue weighted by Gasteiger charge is 2.15. The maximum atomic E-state index is 11.8. The summed E-state index contributed by atoms with van der Waals surface area (Å²) in [6.45, 7) is 1.47. The number of halogens is 1. The van der Waals surface area contributed by atoms with Gasteiger partial charge >= 0.3 is 0 Å². The molecule has 0 bridgehead atoms. The molecule has 0 unspecified atom stereocenters. The molecule has 0 fully saturated rings. The molecule has 1 aromatic rings. The van der Waals surface area contributed by atoms with E-state index in [9.17, 15) is 13.2 Å². The minimum absolute atomic E-state index is 0.0388. The van der Waals surface area contributed by atoms with Gasteiger partial charge in [0.2, 0.25) is 10.0 Å². The maximum Gasteiger partial charge on any atom is 0.240 e. The lowest BCUT2D eigenvalue weighted by molar-refractivity contribution is -0.116. The van der Waals surface area contributed by atoms with Crippen molar-refractivity contribution in [1.82, 2.24) is 4.72 Å². The number of rotatable bonds is 6. The van der Waals surface area contributed by atoms with Crippen LogP contribution in [0, 0.1) is 0 Å². The van der Waals surface area contributed by atoms with E-state index in [-0.39, 0.29) is 28.7 Å². The fourth-order valence-electron chi connectivity index (χ4n) is 1.26. The summed E-state index contributed by atoms with van der Waals surface area (Å²) in [5.74, 6) is 0.324. The standard InChI is InChI=1S/C11H14ClNO4S/c1-8(14)5-6-13-18(15,16)9-3-4-11(17-2)10(12)7-9/h3-4,7,13H,5-6H2,1-2H3. The van der Waals surface area contributed by atoms with Gasteiger partial charge in [0.25, 0.3) is 0 Å². The van der Waals surface area contributed by atoms with Gasteiger partial charge in [-0.3, -0.25) is 4.79 Å². The molecule has 5 nitrogen and oxygen atoms in total. The van der Waals surface area contributed by atoms with Crippen LogP contribution in [0.25, 0.3) is 0 Å². The number of ether oxygens (including phenoxy) is 1. The minimum Gasteiger partial charge on any atom is -0.495 e. The number of Topliss-reactive ketones (excluding diaryl/α,β-unsaturated/α-hetero) is 1. The predicted molar refractivity (Wildman–Crippen MR) is 68.5 cm³/mol. The van der Waals surface area contributed by atoms with Gasteiger partial charge in [0.1, 0.15) is 11.5 Å². The molecule has 0 aliphatic heterocycles. The molecule has 0 aliphatic rings. The Kier molecular flexibility index (Phi) is 5.13. The fraction of sp³-hybridized carbons (Fsp3) is 0.364. The zero-order valence-electron chi connectivity index (χ0n) is 10.1. The number of benzene rings is 1. The Morgan fingerprint density at radius 2 is 2.11 bits per heavy atom. The van der Waals surface area contributed by atoms with Gasteiger partial charge in [-0.25, -0.2) is 13.1 Å². The zero-order chi connectivity index (χ0) is 13.8. The monoisotopic (exact) mass is 291 g/mol. The average molecular weight is 292 g/mol. The van der Waals surface area contributed by atoms with Crippen molar-refractivity contribution < 1.29 is 17.9 Å². The number of nitrogens with one attached hydrogen (secondary N) is 1. The predicted octanol–water partition coefficient (Wildman–Crippen LogP) is 1.61. The van der Waals surface area contributed by atoms with E-state index in [2.05, 4.69) is 4.72 Å². The Bertz CT molecular complexity index is 542. The third kappa shape index (κ3) is 3.97. The van der Waals surface area contributed by atoms with E-state index in [1.165, 1.54) is 32.2 Å². The molecule has 100 valence electrons. The van der Waals surface area contributed by atoms with E-state index in [1.807, 2.05) is 0 Å². The molecule has 0 aromatic heterocycles. The van der Waals surface area contributed by atoms with Gasteiger partial charge in [-0.2, -0.15) is 0 Å². The Labute approximate surface area is 111 Å². The maximum absolute atomic E-state index is 11.8. The van der Waals surface area contributed by atoms with Gasteiger partial charge in [0, 0.05) is 13.0 Å². The number of ketones is 1. The number of sulfonamides is 1. The first kappa shape index (κ1) is 14.9. The van der Waals surface area contributed by atoms with Crippen LogP contribution < -0.4 is 9.46 Å². The second-order valence-electron chi connectivity index (χ2n) is 3.65. The molecule has 0 radical (unpaired) electrons. The van der Waals surface area contributed by atoms with Gasteiger partial charge < -0.3 is 4.74 Å². The highest BCUT2D eigenvalue weighted by Crippen LogP contribution is 2.26. The van der Waals surface area contributed by atoms with Crippen LogP contribution in [-0.4, -0.2) is 27.9 Å². The Morgan fingerprint density at radius 3 is 2.61 bits per heavy atom. The second-order valence-corrected chi connectivity index (χ2v) is 5.82. The van der Waals surface area contributed by atoms with E-state index in [0.29, 0.717) is 5.75 Å². The van der Waals surface area contributed by atoms with E-state index in [1.54, 1.807) is 0 Å². The highest BCUT2D eigenvalue weighted by atomic mass is 35.5. The minimum atomic E-state index is -3.65.